The summed E-state index contributed by atoms with van der Waals surface area (Å²) in [6.45, 7) is 8.75. The van der Waals surface area contributed by atoms with Crippen LogP contribution in [-0.2, 0) is 6.54 Å². The Morgan fingerprint density at radius 2 is 2.05 bits per heavy atom. The van der Waals surface area contributed by atoms with Gasteiger partial charge in [-0.05, 0) is 24.9 Å². The number of halogens is 1. The lowest BCUT2D eigenvalue weighted by Crippen LogP contribution is -2.14. The summed E-state index contributed by atoms with van der Waals surface area (Å²) in [6, 6.07) is 3.72. The van der Waals surface area contributed by atoms with Crippen molar-refractivity contribution in [2.75, 3.05) is 20.3 Å². The van der Waals surface area contributed by atoms with E-state index in [2.05, 4.69) is 26.1 Å². The summed E-state index contributed by atoms with van der Waals surface area (Å²) in [5.41, 5.74) is 1.04. The van der Waals surface area contributed by atoms with Crippen LogP contribution in [-0.4, -0.2) is 20.3 Å². The van der Waals surface area contributed by atoms with Crippen LogP contribution in [0.5, 0.6) is 11.5 Å². The van der Waals surface area contributed by atoms with Crippen LogP contribution in [0.3, 0.4) is 0 Å². The predicted octanol–water partition coefficient (Wildman–Crippen LogP) is 3.88. The summed E-state index contributed by atoms with van der Waals surface area (Å²) in [7, 11) is 1.64. The van der Waals surface area contributed by atoms with Crippen molar-refractivity contribution < 1.29 is 9.47 Å². The molecular weight excluding hydrogens is 262 g/mol. The van der Waals surface area contributed by atoms with Gasteiger partial charge in [-0.2, -0.15) is 0 Å². The molecule has 1 rings (SSSR count). The highest BCUT2D eigenvalue weighted by Gasteiger charge is 2.12. The maximum Gasteiger partial charge on any atom is 0.165 e. The van der Waals surface area contributed by atoms with Crippen LogP contribution in [0, 0.1) is 5.92 Å². The Hall–Kier alpha value is -0.930. The summed E-state index contributed by atoms with van der Waals surface area (Å²) >= 11 is 6.10. The predicted molar refractivity (Wildman–Crippen MR) is 80.3 cm³/mol. The molecule has 0 aliphatic rings. The second kappa shape index (κ2) is 8.28. The molecule has 0 saturated carbocycles. The molecule has 3 nitrogen and oxygen atoms in total. The van der Waals surface area contributed by atoms with Gasteiger partial charge >= 0.3 is 0 Å². The van der Waals surface area contributed by atoms with Gasteiger partial charge in [0.15, 0.2) is 11.5 Å². The van der Waals surface area contributed by atoms with Crippen LogP contribution in [0.25, 0.3) is 0 Å². The van der Waals surface area contributed by atoms with E-state index in [1.54, 1.807) is 13.2 Å². The van der Waals surface area contributed by atoms with Crippen LogP contribution in [0.4, 0.5) is 0 Å². The Bertz CT molecular complexity index is 394. The van der Waals surface area contributed by atoms with Gasteiger partial charge < -0.3 is 14.8 Å². The first-order valence-corrected chi connectivity index (χ1v) is 7.16. The topological polar surface area (TPSA) is 30.5 Å². The number of ether oxygens (including phenoxy) is 2. The van der Waals surface area contributed by atoms with Crippen molar-refractivity contribution >= 4 is 11.6 Å². The number of benzene rings is 1. The minimum absolute atomic E-state index is 0.621. The maximum atomic E-state index is 6.10. The van der Waals surface area contributed by atoms with Crippen LogP contribution < -0.4 is 14.8 Å². The van der Waals surface area contributed by atoms with Gasteiger partial charge in [0, 0.05) is 23.2 Å². The largest absolute Gasteiger partial charge is 0.493 e. The Balaban J connectivity index is 2.88. The summed E-state index contributed by atoms with van der Waals surface area (Å²) in [4.78, 5) is 0. The quantitative estimate of drug-likeness (QED) is 0.786. The van der Waals surface area contributed by atoms with E-state index in [1.165, 1.54) is 0 Å². The van der Waals surface area contributed by atoms with Gasteiger partial charge in [-0.1, -0.05) is 32.4 Å². The molecule has 0 radical (unpaired) electrons. The molecule has 0 spiro atoms. The second-order valence-electron chi connectivity index (χ2n) is 4.91. The molecular formula is C15H24ClNO2. The normalized spacial score (nSPS) is 10.8. The number of hydrogen-bond donors (Lipinski definition) is 1. The summed E-state index contributed by atoms with van der Waals surface area (Å²) in [5, 5.41) is 3.96. The zero-order chi connectivity index (χ0) is 14.3. The molecule has 0 aromatic heterocycles. The number of methoxy groups -OCH3 is 1. The lowest BCUT2D eigenvalue weighted by atomic mass is 10.1. The molecule has 108 valence electrons. The monoisotopic (exact) mass is 285 g/mol. The van der Waals surface area contributed by atoms with Crippen LogP contribution in [0.15, 0.2) is 12.1 Å². The molecule has 0 fully saturated rings. The van der Waals surface area contributed by atoms with Gasteiger partial charge in [0.25, 0.3) is 0 Å². The van der Waals surface area contributed by atoms with Gasteiger partial charge in [0.2, 0.25) is 0 Å². The van der Waals surface area contributed by atoms with Crippen molar-refractivity contribution in [3.8, 4) is 11.5 Å². The van der Waals surface area contributed by atoms with E-state index < -0.39 is 0 Å². The summed E-state index contributed by atoms with van der Waals surface area (Å²) in [5.74, 6) is 2.12. The third kappa shape index (κ3) is 5.29. The van der Waals surface area contributed by atoms with Crippen molar-refractivity contribution in [3.05, 3.63) is 22.7 Å². The number of rotatable bonds is 8. The smallest absolute Gasteiger partial charge is 0.165 e. The van der Waals surface area contributed by atoms with Crippen molar-refractivity contribution in [2.45, 2.75) is 33.7 Å². The van der Waals surface area contributed by atoms with Gasteiger partial charge in [0.1, 0.15) is 0 Å². The van der Waals surface area contributed by atoms with Crippen LogP contribution in [0.2, 0.25) is 5.02 Å². The highest BCUT2D eigenvalue weighted by Crippen LogP contribution is 2.35. The third-order valence-electron chi connectivity index (χ3n) is 2.82. The van der Waals surface area contributed by atoms with Gasteiger partial charge in [-0.3, -0.25) is 0 Å². The molecule has 1 N–H and O–H groups in total. The van der Waals surface area contributed by atoms with Crippen molar-refractivity contribution in [1.29, 1.82) is 0 Å². The summed E-state index contributed by atoms with van der Waals surface area (Å²) < 4.78 is 11.3. The molecule has 0 saturated heterocycles. The highest BCUT2D eigenvalue weighted by molar-refractivity contribution is 6.30. The van der Waals surface area contributed by atoms with Crippen LogP contribution >= 0.6 is 11.6 Å². The SMILES string of the molecule is CCNCc1cc(Cl)cc(OC)c1OCCC(C)C. The zero-order valence-corrected chi connectivity index (χ0v) is 13.0. The molecule has 0 heterocycles. The van der Waals surface area contributed by atoms with E-state index in [9.17, 15) is 0 Å². The van der Waals surface area contributed by atoms with Crippen molar-refractivity contribution in [2.24, 2.45) is 5.92 Å². The van der Waals surface area contributed by atoms with E-state index in [0.29, 0.717) is 23.3 Å². The molecule has 0 unspecified atom stereocenters. The molecule has 0 aliphatic heterocycles. The first kappa shape index (κ1) is 16.1. The van der Waals surface area contributed by atoms with Gasteiger partial charge in [-0.15, -0.1) is 0 Å². The molecule has 1 aromatic carbocycles. The Morgan fingerprint density at radius 1 is 1.32 bits per heavy atom. The molecule has 1 aromatic rings. The van der Waals surface area contributed by atoms with Crippen LogP contribution in [0.1, 0.15) is 32.8 Å². The molecule has 0 amide bonds. The Morgan fingerprint density at radius 3 is 2.63 bits per heavy atom. The molecule has 19 heavy (non-hydrogen) atoms. The maximum absolute atomic E-state index is 6.10. The minimum atomic E-state index is 0.621. The Labute approximate surface area is 121 Å². The molecule has 0 atom stereocenters. The fraction of sp³-hybridized carbons (Fsp3) is 0.600. The number of nitrogens with one attached hydrogen (secondary N) is 1. The van der Waals surface area contributed by atoms with E-state index in [4.69, 9.17) is 21.1 Å². The molecule has 0 bridgehead atoms. The standard InChI is InChI=1S/C15H24ClNO2/c1-5-17-10-12-8-13(16)9-14(18-4)15(12)19-7-6-11(2)3/h8-9,11,17H,5-7,10H2,1-4H3. The molecule has 4 heteroatoms. The third-order valence-corrected chi connectivity index (χ3v) is 3.04. The first-order valence-electron chi connectivity index (χ1n) is 6.78. The van der Waals surface area contributed by atoms with Gasteiger partial charge in [-0.25, -0.2) is 0 Å². The fourth-order valence-electron chi connectivity index (χ4n) is 1.73. The van der Waals surface area contributed by atoms with E-state index >= 15 is 0 Å². The minimum Gasteiger partial charge on any atom is -0.493 e. The highest BCUT2D eigenvalue weighted by atomic mass is 35.5. The lowest BCUT2D eigenvalue weighted by molar-refractivity contribution is 0.270. The van der Waals surface area contributed by atoms with Crippen molar-refractivity contribution in [3.63, 3.8) is 0 Å². The fourth-order valence-corrected chi connectivity index (χ4v) is 1.96. The van der Waals surface area contributed by atoms with E-state index in [0.717, 1.165) is 30.8 Å². The van der Waals surface area contributed by atoms with Gasteiger partial charge in [0.05, 0.1) is 13.7 Å². The van der Waals surface area contributed by atoms with E-state index in [1.807, 2.05) is 6.07 Å². The average Bonchev–Trinajstić information content (AvgIpc) is 2.37. The van der Waals surface area contributed by atoms with Crippen molar-refractivity contribution in [1.82, 2.24) is 5.32 Å². The first-order chi connectivity index (χ1) is 9.08. The zero-order valence-electron chi connectivity index (χ0n) is 12.3. The average molecular weight is 286 g/mol. The Kier molecular flexibility index (Phi) is 7.03. The van der Waals surface area contributed by atoms with E-state index in [-0.39, 0.29) is 0 Å². The lowest BCUT2D eigenvalue weighted by Gasteiger charge is -2.16. The molecule has 0 aliphatic carbocycles. The summed E-state index contributed by atoms with van der Waals surface area (Å²) in [6.07, 6.45) is 1.02. The second-order valence-corrected chi connectivity index (χ2v) is 5.34. The number of hydrogen-bond acceptors (Lipinski definition) is 3.